The smallest absolute Gasteiger partial charge is 0.332 e. The second-order valence-corrected chi connectivity index (χ2v) is 3.31. The zero-order valence-corrected chi connectivity index (χ0v) is 8.85. The van der Waals surface area contributed by atoms with Gasteiger partial charge in [-0.25, -0.2) is 4.79 Å². The van der Waals surface area contributed by atoms with Crippen LogP contribution in [0.4, 0.5) is 0 Å². The van der Waals surface area contributed by atoms with E-state index in [2.05, 4.69) is 0 Å². The van der Waals surface area contributed by atoms with Crippen molar-refractivity contribution in [2.45, 2.75) is 25.9 Å². The van der Waals surface area contributed by atoms with E-state index >= 15 is 0 Å². The minimum absolute atomic E-state index is 0.436. The lowest BCUT2D eigenvalue weighted by Gasteiger charge is -2.11. The van der Waals surface area contributed by atoms with Gasteiger partial charge >= 0.3 is 5.97 Å². The van der Waals surface area contributed by atoms with Crippen LogP contribution in [0.2, 0.25) is 0 Å². The van der Waals surface area contributed by atoms with Crippen molar-refractivity contribution in [1.29, 1.82) is 0 Å². The second-order valence-electron chi connectivity index (χ2n) is 3.31. The molecular weight excluding hydrogens is 192 g/mol. The molecule has 0 saturated heterocycles. The molecular formula is C12H16O3. The average molecular weight is 208 g/mol. The zero-order chi connectivity index (χ0) is 11.1. The highest BCUT2D eigenvalue weighted by Crippen LogP contribution is 2.07. The third-order valence-corrected chi connectivity index (χ3v) is 2.18. The number of aryl methyl sites for hydroxylation is 1. The fourth-order valence-electron chi connectivity index (χ4n) is 1.42. The van der Waals surface area contributed by atoms with Crippen molar-refractivity contribution in [2.75, 3.05) is 6.61 Å². The van der Waals surface area contributed by atoms with Gasteiger partial charge in [0.1, 0.15) is 0 Å². The second kappa shape index (κ2) is 6.19. The molecule has 0 heterocycles. The van der Waals surface area contributed by atoms with E-state index in [-0.39, 0.29) is 0 Å². The molecule has 0 unspecified atom stereocenters. The Bertz CT molecular complexity index is 295. The average Bonchev–Trinajstić information content (AvgIpc) is 2.25. The summed E-state index contributed by atoms with van der Waals surface area (Å²) in [6, 6.07) is 9.83. The molecule has 15 heavy (non-hydrogen) atoms. The molecule has 1 aromatic rings. The maximum Gasteiger partial charge on any atom is 0.332 e. The first-order chi connectivity index (χ1) is 7.24. The summed E-state index contributed by atoms with van der Waals surface area (Å²) in [6.07, 6.45) is 0.570. The van der Waals surface area contributed by atoms with Crippen LogP contribution in [0.3, 0.4) is 0 Å². The van der Waals surface area contributed by atoms with Crippen LogP contribution in [0.5, 0.6) is 0 Å². The van der Waals surface area contributed by atoms with Crippen LogP contribution in [0, 0.1) is 0 Å². The van der Waals surface area contributed by atoms with Crippen molar-refractivity contribution in [3.63, 3.8) is 0 Å². The number of carboxylic acid groups (broad SMARTS) is 1. The molecule has 3 heteroatoms. The first kappa shape index (κ1) is 11.7. The molecule has 0 spiro atoms. The van der Waals surface area contributed by atoms with E-state index in [1.807, 2.05) is 30.3 Å². The van der Waals surface area contributed by atoms with Gasteiger partial charge in [0.25, 0.3) is 0 Å². The van der Waals surface area contributed by atoms with Crippen LogP contribution >= 0.6 is 0 Å². The van der Waals surface area contributed by atoms with Crippen LogP contribution in [0.1, 0.15) is 18.9 Å². The summed E-state index contributed by atoms with van der Waals surface area (Å²) in [7, 11) is 0. The van der Waals surface area contributed by atoms with E-state index in [0.717, 1.165) is 12.0 Å². The molecule has 0 amide bonds. The minimum atomic E-state index is -0.882. The zero-order valence-electron chi connectivity index (χ0n) is 8.85. The highest BCUT2D eigenvalue weighted by atomic mass is 16.5. The molecule has 3 nitrogen and oxygen atoms in total. The molecule has 0 aromatic heterocycles. The number of benzene rings is 1. The first-order valence-corrected chi connectivity index (χ1v) is 5.12. The molecule has 1 atom stereocenters. The van der Waals surface area contributed by atoms with Crippen LogP contribution in [-0.2, 0) is 16.0 Å². The number of hydrogen-bond donors (Lipinski definition) is 1. The maximum absolute atomic E-state index is 10.8. The third kappa shape index (κ3) is 4.13. The summed E-state index contributed by atoms with van der Waals surface area (Å²) < 4.78 is 5.13. The lowest BCUT2D eigenvalue weighted by Crippen LogP contribution is -2.24. The first-order valence-electron chi connectivity index (χ1n) is 5.12. The molecule has 0 aliphatic carbocycles. The van der Waals surface area contributed by atoms with Crippen molar-refractivity contribution < 1.29 is 14.6 Å². The van der Waals surface area contributed by atoms with Crippen LogP contribution < -0.4 is 0 Å². The molecule has 1 rings (SSSR count). The summed E-state index contributed by atoms with van der Waals surface area (Å²) in [4.78, 5) is 10.8. The molecule has 0 aliphatic rings. The van der Waals surface area contributed by atoms with E-state index in [4.69, 9.17) is 9.84 Å². The molecule has 0 bridgehead atoms. The minimum Gasteiger partial charge on any atom is -0.479 e. The Hall–Kier alpha value is -1.35. The number of rotatable bonds is 6. The molecule has 0 saturated carbocycles. The standard InChI is InChI=1S/C12H16O3/c1-2-15-11(12(13)14)9-8-10-6-4-3-5-7-10/h3-7,11H,2,8-9H2,1H3,(H,13,14)/t11-/m0/s1. The van der Waals surface area contributed by atoms with Crippen molar-refractivity contribution >= 4 is 5.97 Å². The maximum atomic E-state index is 10.8. The van der Waals surface area contributed by atoms with Gasteiger partial charge in [-0.3, -0.25) is 0 Å². The van der Waals surface area contributed by atoms with E-state index < -0.39 is 12.1 Å². The molecule has 82 valence electrons. The summed E-state index contributed by atoms with van der Waals surface area (Å²) in [5.74, 6) is -0.882. The van der Waals surface area contributed by atoms with Crippen molar-refractivity contribution in [3.05, 3.63) is 35.9 Å². The quantitative estimate of drug-likeness (QED) is 0.778. The molecule has 1 N–H and O–H groups in total. The Morgan fingerprint density at radius 3 is 2.60 bits per heavy atom. The number of hydrogen-bond acceptors (Lipinski definition) is 2. The Balaban J connectivity index is 2.43. The molecule has 0 aliphatic heterocycles. The van der Waals surface area contributed by atoms with Crippen LogP contribution in [0.15, 0.2) is 30.3 Å². The number of carboxylic acids is 1. The van der Waals surface area contributed by atoms with Gasteiger partial charge in [0, 0.05) is 6.61 Å². The largest absolute Gasteiger partial charge is 0.479 e. The van der Waals surface area contributed by atoms with Gasteiger partial charge < -0.3 is 9.84 Å². The predicted molar refractivity (Wildman–Crippen MR) is 57.8 cm³/mol. The lowest BCUT2D eigenvalue weighted by atomic mass is 10.1. The van der Waals surface area contributed by atoms with Gasteiger partial charge in [-0.15, -0.1) is 0 Å². The van der Waals surface area contributed by atoms with Crippen LogP contribution in [-0.4, -0.2) is 23.8 Å². The van der Waals surface area contributed by atoms with E-state index in [1.165, 1.54) is 0 Å². The van der Waals surface area contributed by atoms with Gasteiger partial charge in [0.05, 0.1) is 0 Å². The van der Waals surface area contributed by atoms with E-state index in [9.17, 15) is 4.79 Å². The van der Waals surface area contributed by atoms with Gasteiger partial charge in [-0.1, -0.05) is 30.3 Å². The topological polar surface area (TPSA) is 46.5 Å². The Morgan fingerprint density at radius 1 is 1.40 bits per heavy atom. The fraction of sp³-hybridized carbons (Fsp3) is 0.417. The van der Waals surface area contributed by atoms with Crippen LogP contribution in [0.25, 0.3) is 0 Å². The summed E-state index contributed by atoms with van der Waals surface area (Å²) >= 11 is 0. The van der Waals surface area contributed by atoms with Gasteiger partial charge in [0.15, 0.2) is 6.10 Å². The Labute approximate surface area is 89.7 Å². The molecule has 0 radical (unpaired) electrons. The summed E-state index contributed by atoms with van der Waals surface area (Å²) in [6.45, 7) is 2.24. The Kier molecular flexibility index (Phi) is 4.84. The summed E-state index contributed by atoms with van der Waals surface area (Å²) in [5.41, 5.74) is 1.14. The van der Waals surface area contributed by atoms with E-state index in [1.54, 1.807) is 6.92 Å². The van der Waals surface area contributed by atoms with Gasteiger partial charge in [0.2, 0.25) is 0 Å². The van der Waals surface area contributed by atoms with Crippen molar-refractivity contribution in [2.24, 2.45) is 0 Å². The highest BCUT2D eigenvalue weighted by molar-refractivity contribution is 5.72. The van der Waals surface area contributed by atoms with Crippen molar-refractivity contribution in [3.8, 4) is 0 Å². The van der Waals surface area contributed by atoms with Gasteiger partial charge in [-0.05, 0) is 25.3 Å². The molecule has 1 aromatic carbocycles. The van der Waals surface area contributed by atoms with Crippen molar-refractivity contribution in [1.82, 2.24) is 0 Å². The SMILES string of the molecule is CCO[C@@H](CCc1ccccc1)C(=O)O. The number of aliphatic carboxylic acids is 1. The molecule has 0 fully saturated rings. The predicted octanol–water partition coefficient (Wildman–Crippen LogP) is 2.11. The number of ether oxygens (including phenoxy) is 1. The highest BCUT2D eigenvalue weighted by Gasteiger charge is 2.16. The fourth-order valence-corrected chi connectivity index (χ4v) is 1.42. The summed E-state index contributed by atoms with van der Waals surface area (Å²) in [5, 5.41) is 8.86. The van der Waals surface area contributed by atoms with Gasteiger partial charge in [-0.2, -0.15) is 0 Å². The normalized spacial score (nSPS) is 12.3. The Morgan fingerprint density at radius 2 is 2.07 bits per heavy atom. The number of carbonyl (C=O) groups is 1. The van der Waals surface area contributed by atoms with E-state index in [0.29, 0.717) is 13.0 Å². The monoisotopic (exact) mass is 208 g/mol. The lowest BCUT2D eigenvalue weighted by molar-refractivity contribution is -0.150. The third-order valence-electron chi connectivity index (χ3n) is 2.18.